The molecule has 164 valence electrons. The molecule has 30 heavy (non-hydrogen) atoms. The van der Waals surface area contributed by atoms with Crippen LogP contribution in [0.2, 0.25) is 0 Å². The van der Waals surface area contributed by atoms with E-state index in [1.54, 1.807) is 4.90 Å². The number of halogens is 6. The summed E-state index contributed by atoms with van der Waals surface area (Å²) in [5.41, 5.74) is -3.12. The Morgan fingerprint density at radius 3 is 2.33 bits per heavy atom. The Balaban J connectivity index is 1.88. The number of carbonyl (C=O) groups is 1. The van der Waals surface area contributed by atoms with Gasteiger partial charge in [0.15, 0.2) is 5.90 Å². The Bertz CT molecular complexity index is 829. The van der Waals surface area contributed by atoms with Gasteiger partial charge in [-0.05, 0) is 18.2 Å². The average Bonchev–Trinajstić information content (AvgIpc) is 2.91. The predicted octanol–water partition coefficient (Wildman–Crippen LogP) is 3.71. The molecule has 1 amide bonds. The fourth-order valence-electron chi connectivity index (χ4n) is 3.11. The number of rotatable bonds is 4. The maximum absolute atomic E-state index is 13.1. The third kappa shape index (κ3) is 5.53. The number of amides is 1. The minimum atomic E-state index is -4.94. The Hall–Kier alpha value is -2.56. The SMILES string of the molecule is O=C1CNCCN1CCC1=NC(c2cc(C(F)(F)F)cc(C(F)(F)F)c2)=CCCO1. The molecule has 2 aliphatic heterocycles. The second-order valence-corrected chi connectivity index (χ2v) is 6.83. The summed E-state index contributed by atoms with van der Waals surface area (Å²) in [6.07, 6.45) is -7.96. The van der Waals surface area contributed by atoms with Crippen molar-refractivity contribution in [3.8, 4) is 0 Å². The number of piperazine rings is 1. The summed E-state index contributed by atoms with van der Waals surface area (Å²) in [5.74, 6) is 0.0648. The van der Waals surface area contributed by atoms with Crippen LogP contribution in [0.3, 0.4) is 0 Å². The van der Waals surface area contributed by atoms with Crippen LogP contribution < -0.4 is 5.32 Å². The molecule has 1 saturated heterocycles. The second kappa shape index (κ2) is 8.66. The van der Waals surface area contributed by atoms with Crippen LogP contribution in [0, 0.1) is 0 Å². The number of ether oxygens (including phenoxy) is 1. The zero-order valence-corrected chi connectivity index (χ0v) is 15.7. The van der Waals surface area contributed by atoms with Gasteiger partial charge in [-0.1, -0.05) is 6.08 Å². The number of alkyl halides is 6. The zero-order chi connectivity index (χ0) is 21.9. The van der Waals surface area contributed by atoms with Crippen molar-refractivity contribution in [2.75, 3.05) is 32.8 Å². The van der Waals surface area contributed by atoms with E-state index >= 15 is 0 Å². The van der Waals surface area contributed by atoms with Crippen LogP contribution in [0.4, 0.5) is 26.3 Å². The van der Waals surface area contributed by atoms with E-state index in [1.807, 2.05) is 0 Å². The maximum Gasteiger partial charge on any atom is 0.416 e. The highest BCUT2D eigenvalue weighted by molar-refractivity contribution is 5.85. The predicted molar refractivity (Wildman–Crippen MR) is 96.5 cm³/mol. The number of benzene rings is 1. The molecular weight excluding hydrogens is 416 g/mol. The molecule has 5 nitrogen and oxygen atoms in total. The van der Waals surface area contributed by atoms with Crippen LogP contribution in [0.15, 0.2) is 29.3 Å². The molecule has 11 heteroatoms. The minimum absolute atomic E-state index is 0.0225. The Morgan fingerprint density at radius 2 is 1.73 bits per heavy atom. The van der Waals surface area contributed by atoms with E-state index in [-0.39, 0.29) is 55.1 Å². The van der Waals surface area contributed by atoms with E-state index in [4.69, 9.17) is 4.74 Å². The number of nitrogens with zero attached hydrogens (tertiary/aromatic N) is 2. The molecule has 0 aliphatic carbocycles. The van der Waals surface area contributed by atoms with Crippen LogP contribution >= 0.6 is 0 Å². The topological polar surface area (TPSA) is 53.9 Å². The molecule has 0 atom stereocenters. The molecule has 2 heterocycles. The van der Waals surface area contributed by atoms with E-state index < -0.39 is 23.5 Å². The molecule has 1 aromatic rings. The lowest BCUT2D eigenvalue weighted by Crippen LogP contribution is -2.48. The molecule has 0 radical (unpaired) electrons. The standard InChI is InChI=1S/C19H19F6N3O2/c20-18(21,22)13-8-12(9-14(10-13)19(23,24)25)15-2-1-7-30-16(27-15)3-5-28-6-4-26-11-17(28)29/h2,8-10,26H,1,3-7,11H2. The number of carbonyl (C=O) groups excluding carboxylic acids is 1. The molecule has 0 bridgehead atoms. The van der Waals surface area contributed by atoms with Gasteiger partial charge in [0.2, 0.25) is 5.91 Å². The maximum atomic E-state index is 13.1. The van der Waals surface area contributed by atoms with Gasteiger partial charge in [0.1, 0.15) is 0 Å². The van der Waals surface area contributed by atoms with Gasteiger partial charge in [-0.25, -0.2) is 4.99 Å². The molecule has 0 unspecified atom stereocenters. The number of aliphatic imine (C=N–C) groups is 1. The molecule has 1 fully saturated rings. The number of nitrogens with one attached hydrogen (secondary N) is 1. The summed E-state index contributed by atoms with van der Waals surface area (Å²) in [5, 5.41) is 2.93. The normalized spacial score (nSPS) is 18.5. The quantitative estimate of drug-likeness (QED) is 0.734. The van der Waals surface area contributed by atoms with Crippen molar-refractivity contribution in [1.29, 1.82) is 0 Å². The summed E-state index contributed by atoms with van der Waals surface area (Å²) in [4.78, 5) is 17.6. The fourth-order valence-corrected chi connectivity index (χ4v) is 3.11. The van der Waals surface area contributed by atoms with Crippen molar-refractivity contribution >= 4 is 17.5 Å². The zero-order valence-electron chi connectivity index (χ0n) is 15.7. The average molecular weight is 435 g/mol. The molecular formula is C19H19F6N3O2. The summed E-state index contributed by atoms with van der Waals surface area (Å²) in [6, 6.07) is 1.37. The van der Waals surface area contributed by atoms with Crippen molar-refractivity contribution in [2.24, 2.45) is 4.99 Å². The third-order valence-corrected chi connectivity index (χ3v) is 4.64. The van der Waals surface area contributed by atoms with Crippen LogP contribution in [0.5, 0.6) is 0 Å². The number of hydrogen-bond acceptors (Lipinski definition) is 4. The number of hydrogen-bond donors (Lipinski definition) is 1. The van der Waals surface area contributed by atoms with Gasteiger partial charge in [0.25, 0.3) is 0 Å². The van der Waals surface area contributed by atoms with Crippen LogP contribution in [-0.2, 0) is 21.9 Å². The summed E-state index contributed by atoms with van der Waals surface area (Å²) in [6.45, 7) is 1.82. The van der Waals surface area contributed by atoms with Crippen molar-refractivity contribution in [3.05, 3.63) is 41.0 Å². The largest absolute Gasteiger partial charge is 0.480 e. The lowest BCUT2D eigenvalue weighted by molar-refractivity contribution is -0.143. The first-order valence-corrected chi connectivity index (χ1v) is 9.23. The minimum Gasteiger partial charge on any atom is -0.480 e. The molecule has 3 rings (SSSR count). The van der Waals surface area contributed by atoms with E-state index in [9.17, 15) is 31.1 Å². The van der Waals surface area contributed by atoms with Gasteiger partial charge in [0.05, 0.1) is 30.0 Å². The van der Waals surface area contributed by atoms with Crippen LogP contribution in [-0.4, -0.2) is 49.5 Å². The van der Waals surface area contributed by atoms with Crippen molar-refractivity contribution in [2.45, 2.75) is 25.2 Å². The summed E-state index contributed by atoms with van der Waals surface area (Å²) < 4.78 is 84.3. The Labute approximate surface area is 168 Å². The van der Waals surface area contributed by atoms with Gasteiger partial charge in [0, 0.05) is 38.0 Å². The lowest BCUT2D eigenvalue weighted by Gasteiger charge is -2.27. The molecule has 0 spiro atoms. The molecule has 2 aliphatic rings. The first-order valence-electron chi connectivity index (χ1n) is 9.23. The van der Waals surface area contributed by atoms with E-state index in [0.717, 1.165) is 0 Å². The first-order chi connectivity index (χ1) is 14.0. The van der Waals surface area contributed by atoms with Gasteiger partial charge in [-0.2, -0.15) is 26.3 Å². The van der Waals surface area contributed by atoms with E-state index in [0.29, 0.717) is 31.8 Å². The van der Waals surface area contributed by atoms with E-state index in [1.165, 1.54) is 6.08 Å². The summed E-state index contributed by atoms with van der Waals surface area (Å²) in [7, 11) is 0. The lowest BCUT2D eigenvalue weighted by atomic mass is 10.0. The Kier molecular flexibility index (Phi) is 6.39. The Morgan fingerprint density at radius 1 is 1.07 bits per heavy atom. The third-order valence-electron chi connectivity index (χ3n) is 4.64. The highest BCUT2D eigenvalue weighted by Gasteiger charge is 2.37. The highest BCUT2D eigenvalue weighted by atomic mass is 19.4. The van der Waals surface area contributed by atoms with Crippen molar-refractivity contribution in [3.63, 3.8) is 0 Å². The first kappa shape index (κ1) is 22.1. The fraction of sp³-hybridized carbons (Fsp3) is 0.474. The molecule has 0 aromatic heterocycles. The van der Waals surface area contributed by atoms with Gasteiger partial charge in [-0.3, -0.25) is 4.79 Å². The van der Waals surface area contributed by atoms with Gasteiger partial charge >= 0.3 is 12.4 Å². The summed E-state index contributed by atoms with van der Waals surface area (Å²) >= 11 is 0. The second-order valence-electron chi connectivity index (χ2n) is 6.83. The molecule has 0 saturated carbocycles. The molecule has 1 aromatic carbocycles. The smallest absolute Gasteiger partial charge is 0.416 e. The van der Waals surface area contributed by atoms with Crippen molar-refractivity contribution < 1.29 is 35.9 Å². The van der Waals surface area contributed by atoms with Gasteiger partial charge in [-0.15, -0.1) is 0 Å². The monoisotopic (exact) mass is 435 g/mol. The van der Waals surface area contributed by atoms with E-state index in [2.05, 4.69) is 10.3 Å². The van der Waals surface area contributed by atoms with Crippen molar-refractivity contribution in [1.82, 2.24) is 10.2 Å². The highest BCUT2D eigenvalue weighted by Crippen LogP contribution is 2.38. The van der Waals surface area contributed by atoms with Crippen LogP contribution in [0.25, 0.3) is 5.70 Å². The molecule has 1 N–H and O–H groups in total. The van der Waals surface area contributed by atoms with Crippen LogP contribution in [0.1, 0.15) is 29.5 Å². The van der Waals surface area contributed by atoms with Gasteiger partial charge < -0.3 is 15.0 Å².